The Morgan fingerprint density at radius 1 is 1.25 bits per heavy atom. The molecule has 4 heteroatoms. The van der Waals surface area contributed by atoms with Gasteiger partial charge in [-0.25, -0.2) is 4.98 Å². The molecule has 0 amide bonds. The van der Waals surface area contributed by atoms with Crippen LogP contribution in [0.3, 0.4) is 0 Å². The van der Waals surface area contributed by atoms with Gasteiger partial charge in [0.25, 0.3) is 0 Å². The topological polar surface area (TPSA) is 39.6 Å². The van der Waals surface area contributed by atoms with Crippen LogP contribution in [0, 0.1) is 0 Å². The van der Waals surface area contributed by atoms with Crippen LogP contribution in [0.2, 0.25) is 0 Å². The summed E-state index contributed by atoms with van der Waals surface area (Å²) in [7, 11) is 2.15. The molecule has 1 aromatic heterocycles. The van der Waals surface area contributed by atoms with Crippen LogP contribution >= 0.6 is 0 Å². The van der Waals surface area contributed by atoms with E-state index in [2.05, 4.69) is 34.0 Å². The standard InChI is InChI=1S/C12H19N3O/c1-14-5-7-15(8-6-14)12-3-2-11(4-9-16)10-13-12/h2-3,10,16H,4-9H2,1H3. The lowest BCUT2D eigenvalue weighted by atomic mass is 10.2. The van der Waals surface area contributed by atoms with E-state index in [-0.39, 0.29) is 6.61 Å². The lowest BCUT2D eigenvalue weighted by Crippen LogP contribution is -2.44. The van der Waals surface area contributed by atoms with Crippen molar-refractivity contribution in [3.8, 4) is 0 Å². The highest BCUT2D eigenvalue weighted by Crippen LogP contribution is 2.13. The molecule has 2 rings (SSSR count). The molecule has 1 N–H and O–H groups in total. The first-order chi connectivity index (χ1) is 7.79. The number of aliphatic hydroxyl groups is 1. The van der Waals surface area contributed by atoms with Gasteiger partial charge in [0.15, 0.2) is 0 Å². The maximum Gasteiger partial charge on any atom is 0.128 e. The quantitative estimate of drug-likeness (QED) is 0.800. The SMILES string of the molecule is CN1CCN(c2ccc(CCO)cn2)CC1. The Bertz CT molecular complexity index is 318. The molecule has 2 heterocycles. The predicted octanol–water partition coefficient (Wildman–Crippen LogP) is 0.368. The average molecular weight is 221 g/mol. The monoisotopic (exact) mass is 221 g/mol. The van der Waals surface area contributed by atoms with Gasteiger partial charge in [-0.1, -0.05) is 6.07 Å². The Morgan fingerprint density at radius 3 is 2.56 bits per heavy atom. The van der Waals surface area contributed by atoms with Crippen molar-refractivity contribution in [1.29, 1.82) is 0 Å². The summed E-state index contributed by atoms with van der Waals surface area (Å²) in [6, 6.07) is 4.10. The summed E-state index contributed by atoms with van der Waals surface area (Å²) >= 11 is 0. The number of piperazine rings is 1. The Labute approximate surface area is 96.5 Å². The van der Waals surface area contributed by atoms with Gasteiger partial charge in [-0.3, -0.25) is 0 Å². The Hall–Kier alpha value is -1.13. The van der Waals surface area contributed by atoms with Gasteiger partial charge < -0.3 is 14.9 Å². The lowest BCUT2D eigenvalue weighted by Gasteiger charge is -2.33. The number of likely N-dealkylation sites (N-methyl/N-ethyl adjacent to an activating group) is 1. The summed E-state index contributed by atoms with van der Waals surface area (Å²) in [4.78, 5) is 9.08. The van der Waals surface area contributed by atoms with Crippen molar-refractivity contribution in [1.82, 2.24) is 9.88 Å². The maximum absolute atomic E-state index is 8.82. The number of rotatable bonds is 3. The van der Waals surface area contributed by atoms with Crippen molar-refractivity contribution in [3.05, 3.63) is 23.9 Å². The van der Waals surface area contributed by atoms with Gasteiger partial charge >= 0.3 is 0 Å². The van der Waals surface area contributed by atoms with Crippen molar-refractivity contribution in [2.45, 2.75) is 6.42 Å². The average Bonchev–Trinajstić information content (AvgIpc) is 2.32. The van der Waals surface area contributed by atoms with Crippen molar-refractivity contribution < 1.29 is 5.11 Å². The lowest BCUT2D eigenvalue weighted by molar-refractivity contribution is 0.299. The fourth-order valence-electron chi connectivity index (χ4n) is 1.92. The first kappa shape index (κ1) is 11.4. The summed E-state index contributed by atoms with van der Waals surface area (Å²) in [5.41, 5.74) is 1.10. The van der Waals surface area contributed by atoms with Gasteiger partial charge in [-0.15, -0.1) is 0 Å². The molecule has 0 unspecified atom stereocenters. The van der Waals surface area contributed by atoms with Gasteiger partial charge in [0.2, 0.25) is 0 Å². The van der Waals surface area contributed by atoms with E-state index in [1.165, 1.54) is 0 Å². The minimum atomic E-state index is 0.190. The van der Waals surface area contributed by atoms with E-state index in [9.17, 15) is 0 Å². The molecule has 88 valence electrons. The zero-order chi connectivity index (χ0) is 11.4. The van der Waals surface area contributed by atoms with Crippen molar-refractivity contribution in [2.75, 3.05) is 44.7 Å². The molecule has 0 radical (unpaired) electrons. The molecule has 1 saturated heterocycles. The van der Waals surface area contributed by atoms with Crippen LogP contribution in [0.25, 0.3) is 0 Å². The third-order valence-corrected chi connectivity index (χ3v) is 3.04. The zero-order valence-electron chi connectivity index (χ0n) is 9.76. The van der Waals surface area contributed by atoms with Crippen LogP contribution in [0.4, 0.5) is 5.82 Å². The van der Waals surface area contributed by atoms with E-state index in [0.29, 0.717) is 6.42 Å². The maximum atomic E-state index is 8.82. The minimum absolute atomic E-state index is 0.190. The Kier molecular flexibility index (Phi) is 3.74. The zero-order valence-corrected chi connectivity index (χ0v) is 9.76. The molecular weight excluding hydrogens is 202 g/mol. The minimum Gasteiger partial charge on any atom is -0.396 e. The predicted molar refractivity (Wildman–Crippen MR) is 64.7 cm³/mol. The van der Waals surface area contributed by atoms with Crippen LogP contribution < -0.4 is 4.90 Å². The third kappa shape index (κ3) is 2.71. The molecule has 1 fully saturated rings. The molecule has 1 aliphatic heterocycles. The van der Waals surface area contributed by atoms with E-state index in [4.69, 9.17) is 5.11 Å². The van der Waals surface area contributed by atoms with Crippen LogP contribution in [0.15, 0.2) is 18.3 Å². The second-order valence-corrected chi connectivity index (χ2v) is 4.29. The number of anilines is 1. The van der Waals surface area contributed by atoms with Crippen molar-refractivity contribution in [3.63, 3.8) is 0 Å². The Balaban J connectivity index is 1.98. The van der Waals surface area contributed by atoms with Crippen LogP contribution in [0.1, 0.15) is 5.56 Å². The molecular formula is C12H19N3O. The molecule has 1 aliphatic rings. The van der Waals surface area contributed by atoms with Crippen molar-refractivity contribution >= 4 is 5.82 Å². The molecule has 0 spiro atoms. The molecule has 1 aromatic rings. The fourth-order valence-corrected chi connectivity index (χ4v) is 1.92. The van der Waals surface area contributed by atoms with E-state index in [1.807, 2.05) is 6.20 Å². The molecule has 16 heavy (non-hydrogen) atoms. The van der Waals surface area contributed by atoms with Crippen molar-refractivity contribution in [2.24, 2.45) is 0 Å². The molecule has 0 aromatic carbocycles. The highest BCUT2D eigenvalue weighted by Gasteiger charge is 2.14. The Morgan fingerprint density at radius 2 is 2.00 bits per heavy atom. The largest absolute Gasteiger partial charge is 0.396 e. The molecule has 0 saturated carbocycles. The highest BCUT2D eigenvalue weighted by molar-refractivity contribution is 5.39. The normalized spacial score (nSPS) is 17.8. The molecule has 0 bridgehead atoms. The van der Waals surface area contributed by atoms with Gasteiger partial charge in [0.05, 0.1) is 0 Å². The van der Waals surface area contributed by atoms with Crippen LogP contribution in [0.5, 0.6) is 0 Å². The number of nitrogens with zero attached hydrogens (tertiary/aromatic N) is 3. The number of hydrogen-bond donors (Lipinski definition) is 1. The van der Waals surface area contributed by atoms with Gasteiger partial charge in [0.1, 0.15) is 5.82 Å². The number of hydrogen-bond acceptors (Lipinski definition) is 4. The van der Waals surface area contributed by atoms with Gasteiger partial charge in [-0.05, 0) is 25.1 Å². The summed E-state index contributed by atoms with van der Waals surface area (Å²) in [6.45, 7) is 4.47. The van der Waals surface area contributed by atoms with E-state index < -0.39 is 0 Å². The molecule has 4 nitrogen and oxygen atoms in total. The first-order valence-electron chi connectivity index (χ1n) is 5.79. The summed E-state index contributed by atoms with van der Waals surface area (Å²) in [5, 5.41) is 8.82. The second-order valence-electron chi connectivity index (χ2n) is 4.29. The molecule has 0 aliphatic carbocycles. The van der Waals surface area contributed by atoms with E-state index in [0.717, 1.165) is 37.6 Å². The second kappa shape index (κ2) is 5.27. The fraction of sp³-hybridized carbons (Fsp3) is 0.583. The summed E-state index contributed by atoms with van der Waals surface area (Å²) in [6.07, 6.45) is 2.56. The highest BCUT2D eigenvalue weighted by atomic mass is 16.2. The van der Waals surface area contributed by atoms with Crippen LogP contribution in [-0.2, 0) is 6.42 Å². The number of aromatic nitrogens is 1. The van der Waals surface area contributed by atoms with Gasteiger partial charge in [0, 0.05) is 39.0 Å². The summed E-state index contributed by atoms with van der Waals surface area (Å²) in [5.74, 6) is 1.05. The third-order valence-electron chi connectivity index (χ3n) is 3.04. The number of pyridine rings is 1. The van der Waals surface area contributed by atoms with E-state index >= 15 is 0 Å². The number of aliphatic hydroxyl groups excluding tert-OH is 1. The summed E-state index contributed by atoms with van der Waals surface area (Å²) < 4.78 is 0. The van der Waals surface area contributed by atoms with Gasteiger partial charge in [-0.2, -0.15) is 0 Å². The first-order valence-corrected chi connectivity index (χ1v) is 5.79. The molecule has 0 atom stereocenters. The van der Waals surface area contributed by atoms with Crippen LogP contribution in [-0.4, -0.2) is 54.8 Å². The smallest absolute Gasteiger partial charge is 0.128 e. The van der Waals surface area contributed by atoms with E-state index in [1.54, 1.807) is 0 Å².